The molecule has 24 heavy (non-hydrogen) atoms. The fourth-order valence-electron chi connectivity index (χ4n) is 2.48. The van der Waals surface area contributed by atoms with E-state index in [1.54, 1.807) is 26.0 Å². The molecule has 2 atom stereocenters. The van der Waals surface area contributed by atoms with Crippen molar-refractivity contribution >= 4 is 28.7 Å². The highest BCUT2D eigenvalue weighted by molar-refractivity contribution is 8.14. The number of hydrogen-bond acceptors (Lipinski definition) is 7. The molecule has 0 aliphatic carbocycles. The highest BCUT2D eigenvalue weighted by atomic mass is 32.2. The van der Waals surface area contributed by atoms with E-state index in [4.69, 9.17) is 14.3 Å². The summed E-state index contributed by atoms with van der Waals surface area (Å²) in [5.41, 5.74) is 0.660. The molecule has 0 amide bonds. The molecule has 0 spiro atoms. The second-order valence-corrected chi connectivity index (χ2v) is 5.95. The summed E-state index contributed by atoms with van der Waals surface area (Å²) in [6.45, 7) is 3.52. The molecule has 0 aromatic carbocycles. The zero-order chi connectivity index (χ0) is 17.7. The van der Waals surface area contributed by atoms with Gasteiger partial charge in [0.05, 0.1) is 41.2 Å². The molecule has 0 bridgehead atoms. The number of esters is 1. The number of thioether (sulfide) groups is 1. The van der Waals surface area contributed by atoms with E-state index >= 15 is 0 Å². The van der Waals surface area contributed by atoms with Gasteiger partial charge in [-0.1, -0.05) is 11.8 Å². The van der Waals surface area contributed by atoms with Crippen LogP contribution in [-0.4, -0.2) is 34.4 Å². The minimum atomic E-state index is -1.01. The third kappa shape index (κ3) is 3.68. The molecule has 1 aliphatic rings. The third-order valence-corrected chi connectivity index (χ3v) is 4.44. The van der Waals surface area contributed by atoms with Crippen LogP contribution in [0, 0.1) is 17.2 Å². The molecule has 1 N–H and O–H groups in total. The maximum Gasteiger partial charge on any atom is 0.336 e. The first-order chi connectivity index (χ1) is 11.5. The molecule has 8 heteroatoms. The van der Waals surface area contributed by atoms with Crippen LogP contribution in [0.1, 0.15) is 25.5 Å². The van der Waals surface area contributed by atoms with Crippen molar-refractivity contribution in [1.29, 1.82) is 5.26 Å². The number of nitrogens with zero attached hydrogens (tertiary/aromatic N) is 2. The molecule has 1 aromatic heterocycles. The minimum Gasteiger partial charge on any atom is -0.481 e. The second-order valence-electron chi connectivity index (χ2n) is 4.95. The molecule has 0 saturated carbocycles. The average molecular weight is 348 g/mol. The number of allylic oxidation sites excluding steroid dienone is 1. The van der Waals surface area contributed by atoms with Crippen molar-refractivity contribution in [2.75, 3.05) is 12.4 Å². The smallest absolute Gasteiger partial charge is 0.336 e. The maximum absolute atomic E-state index is 12.3. The van der Waals surface area contributed by atoms with Crippen LogP contribution in [0.15, 0.2) is 39.1 Å². The molecule has 126 valence electrons. The molecule has 0 fully saturated rings. The normalized spacial score (nSPS) is 20.3. The number of rotatable bonds is 5. The van der Waals surface area contributed by atoms with Crippen molar-refractivity contribution in [2.45, 2.75) is 19.8 Å². The van der Waals surface area contributed by atoms with E-state index in [1.165, 1.54) is 6.26 Å². The summed E-state index contributed by atoms with van der Waals surface area (Å²) in [5, 5.41) is 18.8. The van der Waals surface area contributed by atoms with Crippen molar-refractivity contribution in [2.24, 2.45) is 10.9 Å². The first-order valence-electron chi connectivity index (χ1n) is 7.23. The Bertz CT molecular complexity index is 730. The SMILES string of the molecule is CCOC(=O)C1=C(C)N=C(SCC(=O)O)C(C#N)C1c1ccco1. The Morgan fingerprint density at radius 1 is 1.54 bits per heavy atom. The Balaban J connectivity index is 2.50. The highest BCUT2D eigenvalue weighted by Gasteiger charge is 2.41. The summed E-state index contributed by atoms with van der Waals surface area (Å²) in [5.74, 6) is -2.84. The molecule has 7 nitrogen and oxygen atoms in total. The van der Waals surface area contributed by atoms with Crippen LogP contribution in [0.4, 0.5) is 0 Å². The summed E-state index contributed by atoms with van der Waals surface area (Å²) in [7, 11) is 0. The van der Waals surface area contributed by atoms with Gasteiger partial charge in [0.15, 0.2) is 0 Å². The van der Waals surface area contributed by atoms with Gasteiger partial charge in [0, 0.05) is 5.70 Å². The molecule has 0 radical (unpaired) electrons. The van der Waals surface area contributed by atoms with E-state index in [-0.39, 0.29) is 17.9 Å². The second kappa shape index (κ2) is 7.84. The number of furan rings is 1. The van der Waals surface area contributed by atoms with Gasteiger partial charge in [0.1, 0.15) is 11.7 Å². The Kier molecular flexibility index (Phi) is 5.82. The third-order valence-electron chi connectivity index (χ3n) is 3.41. The monoisotopic (exact) mass is 348 g/mol. The highest BCUT2D eigenvalue weighted by Crippen LogP contribution is 2.41. The van der Waals surface area contributed by atoms with Gasteiger partial charge >= 0.3 is 11.9 Å². The number of carbonyl (C=O) groups is 2. The fraction of sp³-hybridized carbons (Fsp3) is 0.375. The van der Waals surface area contributed by atoms with E-state index in [2.05, 4.69) is 11.1 Å². The van der Waals surface area contributed by atoms with Crippen LogP contribution in [-0.2, 0) is 14.3 Å². The van der Waals surface area contributed by atoms with Crippen molar-refractivity contribution in [1.82, 2.24) is 0 Å². The van der Waals surface area contributed by atoms with Gasteiger partial charge in [0.2, 0.25) is 0 Å². The molecule has 2 rings (SSSR count). The Morgan fingerprint density at radius 3 is 2.83 bits per heavy atom. The summed E-state index contributed by atoms with van der Waals surface area (Å²) in [6.07, 6.45) is 1.46. The maximum atomic E-state index is 12.3. The van der Waals surface area contributed by atoms with Crippen LogP contribution in [0.3, 0.4) is 0 Å². The Labute approximate surface area is 143 Å². The first-order valence-corrected chi connectivity index (χ1v) is 8.22. The lowest BCUT2D eigenvalue weighted by molar-refractivity contribution is -0.139. The van der Waals surface area contributed by atoms with E-state index in [9.17, 15) is 14.9 Å². The van der Waals surface area contributed by atoms with Crippen molar-refractivity contribution in [3.63, 3.8) is 0 Å². The summed E-state index contributed by atoms with van der Waals surface area (Å²) in [6, 6.07) is 5.45. The van der Waals surface area contributed by atoms with E-state index in [0.29, 0.717) is 16.5 Å². The number of aliphatic carboxylic acids is 1. The molecular weight excluding hydrogens is 332 g/mol. The average Bonchev–Trinajstić information content (AvgIpc) is 3.06. The summed E-state index contributed by atoms with van der Waals surface area (Å²) in [4.78, 5) is 27.5. The van der Waals surface area contributed by atoms with Gasteiger partial charge in [-0.3, -0.25) is 4.79 Å². The van der Waals surface area contributed by atoms with Crippen LogP contribution in [0.5, 0.6) is 0 Å². The van der Waals surface area contributed by atoms with Gasteiger partial charge in [-0.2, -0.15) is 5.26 Å². The number of carboxylic acids is 1. The van der Waals surface area contributed by atoms with Crippen molar-refractivity contribution in [3.05, 3.63) is 35.4 Å². The number of nitriles is 1. The van der Waals surface area contributed by atoms with Crippen LogP contribution in [0.2, 0.25) is 0 Å². The van der Waals surface area contributed by atoms with Crippen LogP contribution >= 0.6 is 11.8 Å². The largest absolute Gasteiger partial charge is 0.481 e. The van der Waals surface area contributed by atoms with E-state index in [1.807, 2.05) is 0 Å². The van der Waals surface area contributed by atoms with Gasteiger partial charge in [-0.25, -0.2) is 9.79 Å². The van der Waals surface area contributed by atoms with Crippen molar-refractivity contribution in [3.8, 4) is 6.07 Å². The quantitative estimate of drug-likeness (QED) is 0.814. The van der Waals surface area contributed by atoms with Gasteiger partial charge < -0.3 is 14.3 Å². The Morgan fingerprint density at radius 2 is 2.29 bits per heavy atom. The van der Waals surface area contributed by atoms with Crippen LogP contribution in [0.25, 0.3) is 0 Å². The van der Waals surface area contributed by atoms with E-state index in [0.717, 1.165) is 11.8 Å². The zero-order valence-corrected chi connectivity index (χ0v) is 14.0. The predicted molar refractivity (Wildman–Crippen MR) is 87.4 cm³/mol. The van der Waals surface area contributed by atoms with Gasteiger partial charge in [-0.05, 0) is 26.0 Å². The lowest BCUT2D eigenvalue weighted by atomic mass is 9.82. The minimum absolute atomic E-state index is 0.196. The lowest BCUT2D eigenvalue weighted by Gasteiger charge is -2.27. The molecule has 1 aromatic rings. The lowest BCUT2D eigenvalue weighted by Crippen LogP contribution is -2.29. The molecular formula is C16H16N2O5S. The van der Waals surface area contributed by atoms with E-state index < -0.39 is 23.8 Å². The number of aliphatic imine (C=N–C) groups is 1. The summed E-state index contributed by atoms with van der Waals surface area (Å²) >= 11 is 0.970. The zero-order valence-electron chi connectivity index (χ0n) is 13.2. The molecule has 0 saturated heterocycles. The number of ether oxygens (including phenoxy) is 1. The fourth-order valence-corrected chi connectivity index (χ4v) is 3.32. The number of carbonyl (C=O) groups excluding carboxylic acids is 1. The first kappa shape index (κ1) is 17.8. The molecule has 1 aliphatic heterocycles. The van der Waals surface area contributed by atoms with Gasteiger partial charge in [-0.15, -0.1) is 0 Å². The predicted octanol–water partition coefficient (Wildman–Crippen LogP) is 2.57. The topological polar surface area (TPSA) is 113 Å². The number of carboxylic acid groups (broad SMARTS) is 1. The van der Waals surface area contributed by atoms with Crippen LogP contribution < -0.4 is 0 Å². The number of hydrogen-bond donors (Lipinski definition) is 1. The molecule has 2 unspecified atom stereocenters. The Hall–Kier alpha value is -2.53. The van der Waals surface area contributed by atoms with Crippen molar-refractivity contribution < 1.29 is 23.8 Å². The summed E-state index contributed by atoms with van der Waals surface area (Å²) < 4.78 is 10.5. The standard InChI is InChI=1S/C16H16N2O5S/c1-3-22-16(21)13-9(2)18-15(24-8-12(19)20)10(7-17)14(13)11-5-4-6-23-11/h4-6,10,14H,3,8H2,1-2H3,(H,19,20). The van der Waals surface area contributed by atoms with Gasteiger partial charge in [0.25, 0.3) is 0 Å². The molecule has 2 heterocycles.